The van der Waals surface area contributed by atoms with Gasteiger partial charge in [-0.05, 0) is 75.6 Å². The van der Waals surface area contributed by atoms with Crippen molar-refractivity contribution >= 4 is 43.7 Å². The zero-order chi connectivity index (χ0) is 22.4. The number of nitrogens with zero attached hydrogens (tertiary/aromatic N) is 1. The van der Waals surface area contributed by atoms with Gasteiger partial charge in [0.25, 0.3) is 5.91 Å². The summed E-state index contributed by atoms with van der Waals surface area (Å²) in [6.45, 7) is 9.66. The Hall–Kier alpha value is -1.86. The topological polar surface area (TPSA) is 58.6 Å². The molecule has 0 saturated carbocycles. The molecule has 162 valence electrons. The van der Waals surface area contributed by atoms with Crippen LogP contribution < -0.4 is 10.1 Å². The van der Waals surface area contributed by atoms with Gasteiger partial charge in [0.1, 0.15) is 11.8 Å². The summed E-state index contributed by atoms with van der Waals surface area (Å²) in [7, 11) is 0. The minimum atomic E-state index is -0.625. The fraction of sp³-hybridized carbons (Fsp3) is 0.391. The number of nitrogens with one attached hydrogen (secondary N) is 1. The highest BCUT2D eigenvalue weighted by molar-refractivity contribution is 9.10. The molecule has 0 aliphatic heterocycles. The van der Waals surface area contributed by atoms with E-state index in [1.807, 2.05) is 64.1 Å². The fourth-order valence-electron chi connectivity index (χ4n) is 2.99. The Bertz CT molecular complexity index is 875. The molecule has 0 aromatic heterocycles. The molecule has 30 heavy (non-hydrogen) atoms. The number of rotatable bonds is 8. The van der Waals surface area contributed by atoms with Crippen LogP contribution in [-0.4, -0.2) is 35.4 Å². The van der Waals surface area contributed by atoms with Crippen molar-refractivity contribution in [3.05, 3.63) is 62.0 Å². The summed E-state index contributed by atoms with van der Waals surface area (Å²) in [5, 5.41) is 2.88. The van der Waals surface area contributed by atoms with Crippen molar-refractivity contribution in [3.63, 3.8) is 0 Å². The van der Waals surface area contributed by atoms with Gasteiger partial charge in [-0.3, -0.25) is 9.59 Å². The largest absolute Gasteiger partial charge is 0.484 e. The minimum absolute atomic E-state index is 0.00505. The maximum atomic E-state index is 13.1. The van der Waals surface area contributed by atoms with Crippen molar-refractivity contribution < 1.29 is 14.3 Å². The highest BCUT2D eigenvalue weighted by atomic mass is 79.9. The normalized spacial score (nSPS) is 11.9. The zero-order valence-electron chi connectivity index (χ0n) is 18.0. The molecular weight excluding hydrogens is 512 g/mol. The third-order valence-electron chi connectivity index (χ3n) is 4.64. The van der Waals surface area contributed by atoms with Crippen molar-refractivity contribution in [2.75, 3.05) is 6.61 Å². The summed E-state index contributed by atoms with van der Waals surface area (Å²) in [4.78, 5) is 27.2. The number of carbonyl (C=O) groups excluding carboxylic acids is 2. The van der Waals surface area contributed by atoms with Gasteiger partial charge in [0, 0.05) is 21.5 Å². The average molecular weight is 540 g/mol. The van der Waals surface area contributed by atoms with E-state index in [1.54, 1.807) is 11.8 Å². The number of benzene rings is 2. The van der Waals surface area contributed by atoms with E-state index in [1.165, 1.54) is 0 Å². The molecule has 2 aromatic carbocycles. The van der Waals surface area contributed by atoms with Crippen LogP contribution in [0.3, 0.4) is 0 Å². The molecule has 2 aromatic rings. The monoisotopic (exact) mass is 538 g/mol. The number of amides is 2. The second-order valence-electron chi connectivity index (χ2n) is 7.65. The third-order valence-corrected chi connectivity index (χ3v) is 6.42. The molecule has 0 saturated heterocycles. The SMILES string of the molecule is Cc1cc(OCC(=O)N(Cc2ccc(Br)cc2)C(C)C(=O)NC(C)C)cc(C)c1Br. The van der Waals surface area contributed by atoms with E-state index < -0.39 is 6.04 Å². The molecule has 1 N–H and O–H groups in total. The van der Waals surface area contributed by atoms with E-state index in [4.69, 9.17) is 4.74 Å². The van der Waals surface area contributed by atoms with Gasteiger partial charge in [0.15, 0.2) is 6.61 Å². The quantitative estimate of drug-likeness (QED) is 0.504. The lowest BCUT2D eigenvalue weighted by atomic mass is 10.1. The molecule has 0 heterocycles. The second-order valence-corrected chi connectivity index (χ2v) is 9.36. The van der Waals surface area contributed by atoms with E-state index in [-0.39, 0.29) is 24.5 Å². The van der Waals surface area contributed by atoms with Crippen molar-refractivity contribution in [2.45, 2.75) is 53.2 Å². The first-order chi connectivity index (χ1) is 14.1. The van der Waals surface area contributed by atoms with Crippen LogP contribution in [0.1, 0.15) is 37.5 Å². The maximum absolute atomic E-state index is 13.1. The van der Waals surface area contributed by atoms with E-state index in [9.17, 15) is 9.59 Å². The molecule has 2 rings (SSSR count). The van der Waals surface area contributed by atoms with Crippen molar-refractivity contribution in [3.8, 4) is 5.75 Å². The molecule has 0 aliphatic rings. The first-order valence-corrected chi connectivity index (χ1v) is 11.4. The van der Waals surface area contributed by atoms with Gasteiger partial charge in [-0.1, -0.05) is 44.0 Å². The highest BCUT2D eigenvalue weighted by Gasteiger charge is 2.27. The van der Waals surface area contributed by atoms with Crippen LogP contribution >= 0.6 is 31.9 Å². The first-order valence-electron chi connectivity index (χ1n) is 9.82. The van der Waals surface area contributed by atoms with Crippen LogP contribution in [0, 0.1) is 13.8 Å². The average Bonchev–Trinajstić information content (AvgIpc) is 2.68. The predicted molar refractivity (Wildman–Crippen MR) is 127 cm³/mol. The summed E-state index contributed by atoms with van der Waals surface area (Å²) < 4.78 is 7.76. The van der Waals surface area contributed by atoms with Crippen LogP contribution in [-0.2, 0) is 16.1 Å². The van der Waals surface area contributed by atoms with Crippen LogP contribution in [0.2, 0.25) is 0 Å². The molecule has 1 atom stereocenters. The maximum Gasteiger partial charge on any atom is 0.261 e. The lowest BCUT2D eigenvalue weighted by Crippen LogP contribution is -2.50. The van der Waals surface area contributed by atoms with E-state index >= 15 is 0 Å². The van der Waals surface area contributed by atoms with Crippen LogP contribution in [0.25, 0.3) is 0 Å². The van der Waals surface area contributed by atoms with Crippen molar-refractivity contribution in [1.82, 2.24) is 10.2 Å². The summed E-state index contributed by atoms with van der Waals surface area (Å²) in [6.07, 6.45) is 0. The highest BCUT2D eigenvalue weighted by Crippen LogP contribution is 2.26. The summed E-state index contributed by atoms with van der Waals surface area (Å²) in [5.41, 5.74) is 3.01. The molecule has 5 nitrogen and oxygen atoms in total. The molecule has 0 radical (unpaired) electrons. The van der Waals surface area contributed by atoms with Crippen LogP contribution in [0.4, 0.5) is 0 Å². The first kappa shape index (κ1) is 24.4. The van der Waals surface area contributed by atoms with Gasteiger partial charge >= 0.3 is 0 Å². The van der Waals surface area contributed by atoms with E-state index in [0.717, 1.165) is 25.6 Å². The standard InChI is InChI=1S/C23H28Br2N2O3/c1-14(2)26-23(29)17(5)27(12-18-6-8-19(24)9-7-18)21(28)13-30-20-10-15(3)22(25)16(4)11-20/h6-11,14,17H,12-13H2,1-5H3,(H,26,29). The van der Waals surface area contributed by atoms with Gasteiger partial charge in [0.2, 0.25) is 5.91 Å². The Kier molecular flexibility index (Phi) is 8.92. The molecule has 0 bridgehead atoms. The number of hydrogen-bond donors (Lipinski definition) is 1. The number of hydrogen-bond acceptors (Lipinski definition) is 3. The molecule has 0 aliphatic carbocycles. The number of aryl methyl sites for hydroxylation is 2. The van der Waals surface area contributed by atoms with Crippen molar-refractivity contribution in [2.24, 2.45) is 0 Å². The summed E-state index contributed by atoms with van der Waals surface area (Å²) in [6, 6.07) is 10.8. The number of ether oxygens (including phenoxy) is 1. The van der Waals surface area contributed by atoms with Gasteiger partial charge in [0.05, 0.1) is 0 Å². The lowest BCUT2D eigenvalue weighted by molar-refractivity contribution is -0.142. The summed E-state index contributed by atoms with van der Waals surface area (Å²) >= 11 is 6.95. The molecule has 0 fully saturated rings. The Morgan fingerprint density at radius 3 is 2.13 bits per heavy atom. The minimum Gasteiger partial charge on any atom is -0.484 e. The van der Waals surface area contributed by atoms with Gasteiger partial charge in [-0.2, -0.15) is 0 Å². The van der Waals surface area contributed by atoms with Gasteiger partial charge in [-0.15, -0.1) is 0 Å². The Balaban J connectivity index is 2.18. The zero-order valence-corrected chi connectivity index (χ0v) is 21.1. The molecule has 2 amide bonds. The van der Waals surface area contributed by atoms with E-state index in [0.29, 0.717) is 12.3 Å². The summed E-state index contributed by atoms with van der Waals surface area (Å²) in [5.74, 6) is 0.192. The Labute approximate surface area is 195 Å². The Morgan fingerprint density at radius 2 is 1.60 bits per heavy atom. The fourth-order valence-corrected chi connectivity index (χ4v) is 3.49. The second kappa shape index (κ2) is 11.0. The van der Waals surface area contributed by atoms with Crippen LogP contribution in [0.5, 0.6) is 5.75 Å². The van der Waals surface area contributed by atoms with Crippen LogP contribution in [0.15, 0.2) is 45.3 Å². The predicted octanol–water partition coefficient (Wildman–Crippen LogP) is 5.15. The molecule has 7 heteroatoms. The van der Waals surface area contributed by atoms with E-state index in [2.05, 4.69) is 37.2 Å². The smallest absolute Gasteiger partial charge is 0.261 e. The lowest BCUT2D eigenvalue weighted by Gasteiger charge is -2.29. The Morgan fingerprint density at radius 1 is 1.03 bits per heavy atom. The molecule has 0 spiro atoms. The number of carbonyl (C=O) groups is 2. The third kappa shape index (κ3) is 6.84. The number of halogens is 2. The molecule has 1 unspecified atom stereocenters. The van der Waals surface area contributed by atoms with Gasteiger partial charge in [-0.25, -0.2) is 0 Å². The molecular formula is C23H28Br2N2O3. The van der Waals surface area contributed by atoms with Gasteiger partial charge < -0.3 is 15.0 Å². The van der Waals surface area contributed by atoms with Crippen molar-refractivity contribution in [1.29, 1.82) is 0 Å².